The van der Waals surface area contributed by atoms with Crippen molar-refractivity contribution in [2.24, 2.45) is 0 Å². The second kappa shape index (κ2) is 5.70. The average Bonchev–Trinajstić information content (AvgIpc) is 2.24. The van der Waals surface area contributed by atoms with Gasteiger partial charge in [-0.25, -0.2) is 4.57 Å². The molecule has 0 N–H and O–H groups in total. The molecule has 0 aromatic heterocycles. The van der Waals surface area contributed by atoms with Gasteiger partial charge in [0, 0.05) is 0 Å². The lowest BCUT2D eigenvalue weighted by atomic mass is 10.1. The molecule has 0 radical (unpaired) electrons. The van der Waals surface area contributed by atoms with Crippen molar-refractivity contribution in [2.45, 2.75) is 34.6 Å². The van der Waals surface area contributed by atoms with Crippen molar-refractivity contribution in [1.29, 1.82) is 0 Å². The lowest BCUT2D eigenvalue weighted by Crippen LogP contribution is -2.03. The maximum atomic E-state index is 12.3. The number of aryl methyl sites for hydroxylation is 3. The molecule has 0 heterocycles. The van der Waals surface area contributed by atoms with Crippen molar-refractivity contribution in [3.63, 3.8) is 0 Å². The van der Waals surface area contributed by atoms with Gasteiger partial charge in [-0.2, -0.15) is 0 Å². The van der Waals surface area contributed by atoms with Gasteiger partial charge in [-0.05, 0) is 38.8 Å². The molecule has 1 aromatic rings. The molecule has 96 valence electrons. The van der Waals surface area contributed by atoms with Crippen molar-refractivity contribution >= 4 is 7.60 Å². The van der Waals surface area contributed by atoms with Crippen LogP contribution in [0, 0.1) is 20.8 Å². The minimum absolute atomic E-state index is 0.383. The van der Waals surface area contributed by atoms with Gasteiger partial charge in [0.05, 0.1) is 12.8 Å². The monoisotopic (exact) mass is 256 g/mol. The van der Waals surface area contributed by atoms with Crippen LogP contribution >= 0.6 is 7.60 Å². The van der Waals surface area contributed by atoms with Crippen molar-refractivity contribution < 1.29 is 13.6 Å². The first-order valence-electron chi connectivity index (χ1n) is 5.93. The molecule has 0 saturated heterocycles. The Morgan fingerprint density at radius 3 is 2.06 bits per heavy atom. The Morgan fingerprint density at radius 1 is 1.12 bits per heavy atom. The van der Waals surface area contributed by atoms with Crippen LogP contribution < -0.4 is 4.52 Å². The Morgan fingerprint density at radius 2 is 1.65 bits per heavy atom. The van der Waals surface area contributed by atoms with Crippen LogP contribution in [0.2, 0.25) is 0 Å². The third kappa shape index (κ3) is 3.58. The Kier molecular flexibility index (Phi) is 4.79. The molecular formula is C13H21O3P. The van der Waals surface area contributed by atoms with Gasteiger partial charge in [-0.3, -0.25) is 0 Å². The van der Waals surface area contributed by atoms with Crippen LogP contribution in [0.25, 0.3) is 0 Å². The minimum atomic E-state index is -2.99. The molecule has 0 spiro atoms. The smallest absolute Gasteiger partial charge is 0.378 e. The molecular weight excluding hydrogens is 235 g/mol. The van der Waals surface area contributed by atoms with Crippen molar-refractivity contribution in [2.75, 3.05) is 12.8 Å². The van der Waals surface area contributed by atoms with Gasteiger partial charge < -0.3 is 9.05 Å². The zero-order valence-corrected chi connectivity index (χ0v) is 12.1. The van der Waals surface area contributed by atoms with E-state index in [9.17, 15) is 4.57 Å². The van der Waals surface area contributed by atoms with Gasteiger partial charge in [-0.1, -0.05) is 24.6 Å². The van der Waals surface area contributed by atoms with E-state index in [0.717, 1.165) is 11.1 Å². The summed E-state index contributed by atoms with van der Waals surface area (Å²) in [6.07, 6.45) is 0.383. The fourth-order valence-corrected chi connectivity index (χ4v) is 3.15. The molecule has 0 amide bonds. The highest BCUT2D eigenvalue weighted by Gasteiger charge is 2.24. The highest BCUT2D eigenvalue weighted by Crippen LogP contribution is 2.49. The number of benzene rings is 1. The molecule has 17 heavy (non-hydrogen) atoms. The summed E-state index contributed by atoms with van der Waals surface area (Å²) in [6, 6.07) is 4.04. The van der Waals surface area contributed by atoms with Crippen molar-refractivity contribution in [3.05, 3.63) is 28.8 Å². The molecule has 1 rings (SSSR count). The summed E-state index contributed by atoms with van der Waals surface area (Å²) in [6.45, 7) is 9.99. The van der Waals surface area contributed by atoms with E-state index < -0.39 is 7.60 Å². The molecule has 0 aliphatic heterocycles. The third-order valence-electron chi connectivity index (χ3n) is 2.55. The first-order valence-corrected chi connectivity index (χ1v) is 7.65. The Bertz CT molecular complexity index is 417. The van der Waals surface area contributed by atoms with E-state index >= 15 is 0 Å². The summed E-state index contributed by atoms with van der Waals surface area (Å²) in [7, 11) is -2.99. The number of hydrogen-bond donors (Lipinski definition) is 0. The molecule has 0 fully saturated rings. The quantitative estimate of drug-likeness (QED) is 0.739. The topological polar surface area (TPSA) is 35.5 Å². The number of rotatable bonds is 5. The largest absolute Gasteiger partial charge is 0.424 e. The third-order valence-corrected chi connectivity index (χ3v) is 4.44. The van der Waals surface area contributed by atoms with E-state index in [1.54, 1.807) is 0 Å². The van der Waals surface area contributed by atoms with Crippen LogP contribution in [0.3, 0.4) is 0 Å². The summed E-state index contributed by atoms with van der Waals surface area (Å²) < 4.78 is 23.2. The Hall–Kier alpha value is -0.790. The van der Waals surface area contributed by atoms with E-state index in [2.05, 4.69) is 0 Å². The molecule has 4 heteroatoms. The van der Waals surface area contributed by atoms with E-state index in [1.165, 1.54) is 5.56 Å². The van der Waals surface area contributed by atoms with Crippen LogP contribution in [0.1, 0.15) is 30.5 Å². The van der Waals surface area contributed by atoms with Gasteiger partial charge in [-0.15, -0.1) is 0 Å². The molecule has 1 atom stereocenters. The predicted octanol–water partition coefficient (Wildman–Crippen LogP) is 4.24. The average molecular weight is 256 g/mol. The lowest BCUT2D eigenvalue weighted by Gasteiger charge is -2.20. The Balaban J connectivity index is 3.06. The molecule has 3 nitrogen and oxygen atoms in total. The van der Waals surface area contributed by atoms with E-state index in [1.807, 2.05) is 46.8 Å². The van der Waals surface area contributed by atoms with E-state index in [-0.39, 0.29) is 0 Å². The summed E-state index contributed by atoms with van der Waals surface area (Å²) in [5.41, 5.74) is 3.17. The second-order valence-corrected chi connectivity index (χ2v) is 6.46. The second-order valence-electron chi connectivity index (χ2n) is 4.16. The summed E-state index contributed by atoms with van der Waals surface area (Å²) in [4.78, 5) is 0. The molecule has 0 saturated carbocycles. The van der Waals surface area contributed by atoms with E-state index in [0.29, 0.717) is 18.5 Å². The summed E-state index contributed by atoms with van der Waals surface area (Å²) in [5.74, 6) is 0.689. The van der Waals surface area contributed by atoms with E-state index in [4.69, 9.17) is 9.05 Å². The summed E-state index contributed by atoms with van der Waals surface area (Å²) >= 11 is 0. The van der Waals surface area contributed by atoms with Gasteiger partial charge in [0.1, 0.15) is 5.75 Å². The highest BCUT2D eigenvalue weighted by molar-refractivity contribution is 7.54. The molecule has 0 aliphatic carbocycles. The maximum absolute atomic E-state index is 12.3. The van der Waals surface area contributed by atoms with Gasteiger partial charge in [0.25, 0.3) is 0 Å². The van der Waals surface area contributed by atoms with Crippen LogP contribution in [0.5, 0.6) is 5.75 Å². The van der Waals surface area contributed by atoms with Crippen LogP contribution in [0.4, 0.5) is 0 Å². The zero-order valence-electron chi connectivity index (χ0n) is 11.2. The van der Waals surface area contributed by atoms with Gasteiger partial charge in [0.15, 0.2) is 0 Å². The SMILES string of the molecule is CCOP(=O)(CC)Oc1c(C)cc(C)cc1C. The molecule has 1 aromatic carbocycles. The first kappa shape index (κ1) is 14.3. The minimum Gasteiger partial charge on any atom is -0.424 e. The van der Waals surface area contributed by atoms with Gasteiger partial charge >= 0.3 is 7.60 Å². The predicted molar refractivity (Wildman–Crippen MR) is 71.1 cm³/mol. The molecule has 1 unspecified atom stereocenters. The molecule has 0 aliphatic rings. The fourth-order valence-electron chi connectivity index (χ4n) is 1.83. The number of hydrogen-bond acceptors (Lipinski definition) is 3. The van der Waals surface area contributed by atoms with Gasteiger partial charge in [0.2, 0.25) is 0 Å². The summed E-state index contributed by atoms with van der Waals surface area (Å²) in [5, 5.41) is 0. The van der Waals surface area contributed by atoms with Crippen LogP contribution in [-0.4, -0.2) is 12.8 Å². The zero-order chi connectivity index (χ0) is 13.1. The lowest BCUT2D eigenvalue weighted by molar-refractivity contribution is 0.279. The van der Waals surface area contributed by atoms with Crippen LogP contribution in [0.15, 0.2) is 12.1 Å². The van der Waals surface area contributed by atoms with Crippen molar-refractivity contribution in [3.8, 4) is 5.75 Å². The highest BCUT2D eigenvalue weighted by atomic mass is 31.2. The standard InChI is InChI=1S/C13H21O3P/c1-6-15-17(14,7-2)16-13-11(4)8-10(3)9-12(13)5/h8-9H,6-7H2,1-5H3. The normalized spacial score (nSPS) is 14.4. The van der Waals surface area contributed by atoms with Crippen LogP contribution in [-0.2, 0) is 9.09 Å². The fraction of sp³-hybridized carbons (Fsp3) is 0.538. The first-order chi connectivity index (χ1) is 7.91. The molecule has 0 bridgehead atoms. The Labute approximate surface area is 104 Å². The maximum Gasteiger partial charge on any atom is 0.378 e. The van der Waals surface area contributed by atoms with Crippen molar-refractivity contribution in [1.82, 2.24) is 0 Å².